The van der Waals surface area contributed by atoms with Gasteiger partial charge in [-0.2, -0.15) is 0 Å². The highest BCUT2D eigenvalue weighted by Gasteiger charge is 2.12. The Morgan fingerprint density at radius 2 is 1.89 bits per heavy atom. The van der Waals surface area contributed by atoms with E-state index >= 15 is 0 Å². The van der Waals surface area contributed by atoms with Crippen molar-refractivity contribution in [1.29, 1.82) is 0 Å². The summed E-state index contributed by atoms with van der Waals surface area (Å²) in [5, 5.41) is 13.9. The van der Waals surface area contributed by atoms with Gasteiger partial charge in [0, 0.05) is 16.7 Å². The maximum atomic E-state index is 12.9. The Hall–Kier alpha value is -1.45. The van der Waals surface area contributed by atoms with E-state index in [1.807, 2.05) is 6.92 Å². The molecule has 0 aliphatic rings. The van der Waals surface area contributed by atoms with Crippen molar-refractivity contribution in [3.63, 3.8) is 0 Å². The van der Waals surface area contributed by atoms with E-state index in [-0.39, 0.29) is 11.8 Å². The van der Waals surface area contributed by atoms with Gasteiger partial charge in [0.2, 0.25) is 0 Å². The molecule has 2 nitrogen and oxygen atoms in total. The van der Waals surface area contributed by atoms with Crippen LogP contribution in [0.25, 0.3) is 0 Å². The standard InChI is InChI=1S/C14H12Cl2FNO/c1-8(11-4-3-10(17)7-14(11)19)18-13-6-9(15)2-5-12(13)16/h2-8,18-19H,1H3. The predicted molar refractivity (Wildman–Crippen MR) is 76.6 cm³/mol. The lowest BCUT2D eigenvalue weighted by atomic mass is 10.1. The average Bonchev–Trinajstić information content (AvgIpc) is 2.33. The number of benzene rings is 2. The minimum Gasteiger partial charge on any atom is -0.507 e. The van der Waals surface area contributed by atoms with Crippen molar-refractivity contribution in [3.8, 4) is 5.75 Å². The molecule has 0 amide bonds. The Bertz CT molecular complexity index is 604. The smallest absolute Gasteiger partial charge is 0.126 e. The van der Waals surface area contributed by atoms with E-state index in [0.717, 1.165) is 6.07 Å². The van der Waals surface area contributed by atoms with Crippen LogP contribution >= 0.6 is 23.2 Å². The summed E-state index contributed by atoms with van der Waals surface area (Å²) in [4.78, 5) is 0. The molecule has 19 heavy (non-hydrogen) atoms. The van der Waals surface area contributed by atoms with Crippen LogP contribution in [0.2, 0.25) is 10.0 Å². The van der Waals surface area contributed by atoms with Crippen LogP contribution in [0.1, 0.15) is 18.5 Å². The minimum atomic E-state index is -0.478. The lowest BCUT2D eigenvalue weighted by molar-refractivity contribution is 0.459. The summed E-state index contributed by atoms with van der Waals surface area (Å²) < 4.78 is 12.9. The zero-order valence-electron chi connectivity index (χ0n) is 10.1. The Labute approximate surface area is 120 Å². The molecule has 0 spiro atoms. The molecule has 0 bridgehead atoms. The van der Waals surface area contributed by atoms with Gasteiger partial charge in [0.25, 0.3) is 0 Å². The normalized spacial score (nSPS) is 12.2. The lowest BCUT2D eigenvalue weighted by Crippen LogP contribution is -2.07. The average molecular weight is 300 g/mol. The molecule has 0 aromatic heterocycles. The van der Waals surface area contributed by atoms with E-state index in [0.29, 0.717) is 21.3 Å². The zero-order valence-corrected chi connectivity index (χ0v) is 11.6. The molecular weight excluding hydrogens is 288 g/mol. The van der Waals surface area contributed by atoms with Gasteiger partial charge in [0.05, 0.1) is 16.8 Å². The first-order valence-electron chi connectivity index (χ1n) is 5.67. The highest BCUT2D eigenvalue weighted by Crippen LogP contribution is 2.31. The van der Waals surface area contributed by atoms with Crippen molar-refractivity contribution in [3.05, 3.63) is 57.8 Å². The summed E-state index contributed by atoms with van der Waals surface area (Å²) in [7, 11) is 0. The van der Waals surface area contributed by atoms with E-state index in [2.05, 4.69) is 5.32 Å². The van der Waals surface area contributed by atoms with Gasteiger partial charge < -0.3 is 10.4 Å². The molecule has 2 aromatic carbocycles. The topological polar surface area (TPSA) is 32.3 Å². The number of anilines is 1. The van der Waals surface area contributed by atoms with Crippen LogP contribution in [0.4, 0.5) is 10.1 Å². The van der Waals surface area contributed by atoms with Crippen molar-refractivity contribution in [2.75, 3.05) is 5.32 Å². The Kier molecular flexibility index (Phi) is 4.17. The fourth-order valence-electron chi connectivity index (χ4n) is 1.80. The number of phenolic OH excluding ortho intramolecular Hbond substituents is 1. The molecule has 0 saturated heterocycles. The molecule has 100 valence electrons. The van der Waals surface area contributed by atoms with Crippen molar-refractivity contribution in [2.24, 2.45) is 0 Å². The van der Waals surface area contributed by atoms with E-state index in [9.17, 15) is 9.50 Å². The molecule has 5 heteroatoms. The third-order valence-corrected chi connectivity index (χ3v) is 3.32. The highest BCUT2D eigenvalue weighted by molar-refractivity contribution is 6.35. The first-order valence-corrected chi connectivity index (χ1v) is 6.43. The van der Waals surface area contributed by atoms with Crippen LogP contribution in [0, 0.1) is 5.82 Å². The van der Waals surface area contributed by atoms with E-state index in [1.54, 1.807) is 18.2 Å². The van der Waals surface area contributed by atoms with Gasteiger partial charge in [-0.05, 0) is 31.2 Å². The van der Waals surface area contributed by atoms with Crippen LogP contribution in [-0.2, 0) is 0 Å². The molecule has 2 aromatic rings. The second kappa shape index (κ2) is 5.68. The molecule has 2 N–H and O–H groups in total. The van der Waals surface area contributed by atoms with Gasteiger partial charge in [0.1, 0.15) is 11.6 Å². The third-order valence-electron chi connectivity index (χ3n) is 2.76. The van der Waals surface area contributed by atoms with E-state index < -0.39 is 5.82 Å². The summed E-state index contributed by atoms with van der Waals surface area (Å²) in [6, 6.07) is 8.73. The molecule has 0 saturated carbocycles. The van der Waals surface area contributed by atoms with Crippen LogP contribution in [-0.4, -0.2) is 5.11 Å². The van der Waals surface area contributed by atoms with E-state index in [1.165, 1.54) is 12.1 Å². The summed E-state index contributed by atoms with van der Waals surface area (Å²) in [6.07, 6.45) is 0. The first-order chi connectivity index (χ1) is 8.97. The van der Waals surface area contributed by atoms with Crippen molar-refractivity contribution in [1.82, 2.24) is 0 Å². The molecule has 0 radical (unpaired) electrons. The third kappa shape index (κ3) is 3.31. The van der Waals surface area contributed by atoms with Crippen LogP contribution in [0.15, 0.2) is 36.4 Å². The van der Waals surface area contributed by atoms with Crippen molar-refractivity contribution >= 4 is 28.9 Å². The second-order valence-electron chi connectivity index (χ2n) is 4.19. The largest absolute Gasteiger partial charge is 0.507 e. The number of nitrogens with one attached hydrogen (secondary N) is 1. The van der Waals surface area contributed by atoms with Gasteiger partial charge in [0.15, 0.2) is 0 Å². The van der Waals surface area contributed by atoms with Gasteiger partial charge in [-0.3, -0.25) is 0 Å². The molecule has 0 aliphatic heterocycles. The number of halogens is 3. The molecule has 0 fully saturated rings. The molecule has 0 aliphatic carbocycles. The Morgan fingerprint density at radius 1 is 1.16 bits per heavy atom. The lowest BCUT2D eigenvalue weighted by Gasteiger charge is -2.18. The van der Waals surface area contributed by atoms with Gasteiger partial charge in [-0.15, -0.1) is 0 Å². The van der Waals surface area contributed by atoms with Crippen molar-refractivity contribution in [2.45, 2.75) is 13.0 Å². The maximum absolute atomic E-state index is 12.9. The molecular formula is C14H12Cl2FNO. The second-order valence-corrected chi connectivity index (χ2v) is 5.04. The minimum absolute atomic E-state index is 0.0989. The fraction of sp³-hybridized carbons (Fsp3) is 0.143. The van der Waals surface area contributed by atoms with Crippen LogP contribution in [0.3, 0.4) is 0 Å². The summed E-state index contributed by atoms with van der Waals surface area (Å²) in [6.45, 7) is 1.84. The van der Waals surface area contributed by atoms with Gasteiger partial charge in [-0.25, -0.2) is 4.39 Å². The zero-order chi connectivity index (χ0) is 14.0. The molecule has 1 atom stereocenters. The van der Waals surface area contributed by atoms with Crippen molar-refractivity contribution < 1.29 is 9.50 Å². The monoisotopic (exact) mass is 299 g/mol. The molecule has 0 heterocycles. The number of rotatable bonds is 3. The quantitative estimate of drug-likeness (QED) is 0.835. The predicted octanol–water partition coefficient (Wildman–Crippen LogP) is 5.01. The van der Waals surface area contributed by atoms with Gasteiger partial charge in [-0.1, -0.05) is 29.3 Å². The highest BCUT2D eigenvalue weighted by atomic mass is 35.5. The summed E-state index contributed by atoms with van der Waals surface area (Å²) in [5.74, 6) is -0.576. The maximum Gasteiger partial charge on any atom is 0.126 e. The number of phenols is 1. The summed E-state index contributed by atoms with van der Waals surface area (Å²) in [5.41, 5.74) is 1.24. The Balaban J connectivity index is 2.25. The number of hydrogen-bond donors (Lipinski definition) is 2. The summed E-state index contributed by atoms with van der Waals surface area (Å²) >= 11 is 11.9. The van der Waals surface area contributed by atoms with Crippen LogP contribution in [0.5, 0.6) is 5.75 Å². The molecule has 2 rings (SSSR count). The molecule has 1 unspecified atom stereocenters. The Morgan fingerprint density at radius 3 is 2.58 bits per heavy atom. The fourth-order valence-corrected chi connectivity index (χ4v) is 2.15. The number of hydrogen-bond acceptors (Lipinski definition) is 2. The van der Waals surface area contributed by atoms with Crippen LogP contribution < -0.4 is 5.32 Å². The van der Waals surface area contributed by atoms with E-state index in [4.69, 9.17) is 23.2 Å². The number of aromatic hydroxyl groups is 1. The SMILES string of the molecule is CC(Nc1cc(Cl)ccc1Cl)c1ccc(F)cc1O. The van der Waals surface area contributed by atoms with Gasteiger partial charge >= 0.3 is 0 Å². The first kappa shape index (κ1) is 14.0.